The normalized spacial score (nSPS) is 46.4. The molecule has 0 saturated heterocycles. The number of esters is 1. The lowest BCUT2D eigenvalue weighted by atomic mass is 9.43. The summed E-state index contributed by atoms with van der Waals surface area (Å²) in [4.78, 5) is 12.8. The van der Waals surface area contributed by atoms with Gasteiger partial charge in [-0.3, -0.25) is 0 Å². The van der Waals surface area contributed by atoms with Gasteiger partial charge in [-0.05, 0) is 97.5 Å². The van der Waals surface area contributed by atoms with Crippen LogP contribution in [0.4, 0.5) is 0 Å². The van der Waals surface area contributed by atoms with Crippen LogP contribution in [0.5, 0.6) is 0 Å². The maximum Gasteiger partial charge on any atom is 0.338 e. The van der Waals surface area contributed by atoms with E-state index in [4.69, 9.17) is 9.47 Å². The Kier molecular flexibility index (Phi) is 5.84. The number of benzene rings is 1. The minimum absolute atomic E-state index is 0.0170. The fraction of sp³-hybridized carbons (Fsp3) is 0.724. The summed E-state index contributed by atoms with van der Waals surface area (Å²) in [5.41, 5.74) is 0.930. The summed E-state index contributed by atoms with van der Waals surface area (Å²) in [6.07, 6.45) is 7.91. The van der Waals surface area contributed by atoms with Gasteiger partial charge in [0.25, 0.3) is 0 Å². The fourth-order valence-corrected chi connectivity index (χ4v) is 9.05. The number of hydrogen-bond donors (Lipinski definition) is 0. The SMILES string of the molecule is COC1CC2(C)C(C#N)CCC2C2CCC3CC(OC(=O)c4ccccc4)C(C)CC3(C)C12. The summed E-state index contributed by atoms with van der Waals surface area (Å²) < 4.78 is 12.3. The number of ether oxygens (including phenoxy) is 2. The van der Waals surface area contributed by atoms with E-state index in [0.717, 1.165) is 25.7 Å². The molecule has 0 N–H and O–H groups in total. The molecular formula is C29H39NO3. The van der Waals surface area contributed by atoms with Gasteiger partial charge in [-0.2, -0.15) is 5.26 Å². The molecule has 4 fully saturated rings. The third-order valence-electron chi connectivity index (χ3n) is 10.6. The van der Waals surface area contributed by atoms with Gasteiger partial charge in [-0.1, -0.05) is 39.0 Å². The highest BCUT2D eigenvalue weighted by atomic mass is 16.5. The Labute approximate surface area is 199 Å². The van der Waals surface area contributed by atoms with Gasteiger partial charge in [0.15, 0.2) is 0 Å². The Balaban J connectivity index is 1.38. The molecule has 5 rings (SSSR count). The van der Waals surface area contributed by atoms with E-state index >= 15 is 0 Å². The highest BCUT2D eigenvalue weighted by Crippen LogP contribution is 2.68. The van der Waals surface area contributed by atoms with E-state index in [1.54, 1.807) is 0 Å². The van der Waals surface area contributed by atoms with Crippen LogP contribution in [-0.2, 0) is 9.47 Å². The van der Waals surface area contributed by atoms with Gasteiger partial charge in [-0.25, -0.2) is 4.79 Å². The monoisotopic (exact) mass is 449 g/mol. The molecule has 0 bridgehead atoms. The van der Waals surface area contributed by atoms with Gasteiger partial charge in [0.2, 0.25) is 0 Å². The molecule has 10 atom stereocenters. The van der Waals surface area contributed by atoms with E-state index in [0.29, 0.717) is 35.2 Å². The van der Waals surface area contributed by atoms with Crippen LogP contribution in [0.25, 0.3) is 0 Å². The second kappa shape index (κ2) is 8.42. The van der Waals surface area contributed by atoms with Crippen molar-refractivity contribution in [3.63, 3.8) is 0 Å². The van der Waals surface area contributed by atoms with Crippen LogP contribution in [0.3, 0.4) is 0 Å². The number of methoxy groups -OCH3 is 1. The van der Waals surface area contributed by atoms with Gasteiger partial charge in [-0.15, -0.1) is 0 Å². The summed E-state index contributed by atoms with van der Waals surface area (Å²) in [5.74, 6) is 2.67. The first-order valence-electron chi connectivity index (χ1n) is 13.0. The molecule has 0 radical (unpaired) electrons. The molecule has 4 aliphatic rings. The largest absolute Gasteiger partial charge is 0.458 e. The lowest BCUT2D eigenvalue weighted by Crippen LogP contribution is -2.60. The molecule has 10 unspecified atom stereocenters. The van der Waals surface area contributed by atoms with Crippen molar-refractivity contribution in [2.75, 3.05) is 7.11 Å². The molecule has 0 aromatic heterocycles. The Morgan fingerprint density at radius 3 is 2.48 bits per heavy atom. The Bertz CT molecular complexity index is 925. The molecule has 1 aromatic rings. The van der Waals surface area contributed by atoms with Crippen LogP contribution in [0, 0.1) is 57.7 Å². The lowest BCUT2D eigenvalue weighted by Gasteiger charge is -2.63. The Morgan fingerprint density at radius 1 is 1.03 bits per heavy atom. The summed E-state index contributed by atoms with van der Waals surface area (Å²) in [5, 5.41) is 9.85. The zero-order valence-electron chi connectivity index (χ0n) is 20.6. The quantitative estimate of drug-likeness (QED) is 0.511. The minimum Gasteiger partial charge on any atom is -0.458 e. The third-order valence-corrected chi connectivity index (χ3v) is 10.6. The van der Waals surface area contributed by atoms with Crippen molar-refractivity contribution in [1.82, 2.24) is 0 Å². The number of hydrogen-bond acceptors (Lipinski definition) is 4. The number of nitrogens with zero attached hydrogens (tertiary/aromatic N) is 1. The first-order valence-corrected chi connectivity index (χ1v) is 13.0. The smallest absolute Gasteiger partial charge is 0.338 e. The van der Waals surface area contributed by atoms with Gasteiger partial charge >= 0.3 is 5.97 Å². The predicted molar refractivity (Wildman–Crippen MR) is 127 cm³/mol. The predicted octanol–water partition coefficient (Wildman–Crippen LogP) is 6.27. The van der Waals surface area contributed by atoms with Crippen molar-refractivity contribution < 1.29 is 14.3 Å². The molecule has 0 heterocycles. The summed E-state index contributed by atoms with van der Waals surface area (Å²) in [6.45, 7) is 7.15. The van der Waals surface area contributed by atoms with Crippen molar-refractivity contribution in [3.05, 3.63) is 35.9 Å². The fourth-order valence-electron chi connectivity index (χ4n) is 9.05. The average molecular weight is 450 g/mol. The average Bonchev–Trinajstić information content (AvgIpc) is 3.15. The molecule has 4 nitrogen and oxygen atoms in total. The van der Waals surface area contributed by atoms with Crippen molar-refractivity contribution in [3.8, 4) is 6.07 Å². The van der Waals surface area contributed by atoms with Crippen LogP contribution in [0.1, 0.15) is 76.1 Å². The lowest BCUT2D eigenvalue weighted by molar-refractivity contribution is -0.191. The van der Waals surface area contributed by atoms with Crippen LogP contribution >= 0.6 is 0 Å². The molecule has 0 amide bonds. The molecular weight excluding hydrogens is 410 g/mol. The number of carbonyl (C=O) groups is 1. The number of carbonyl (C=O) groups excluding carboxylic acids is 1. The molecule has 0 spiro atoms. The number of fused-ring (bicyclic) bond motifs is 5. The minimum atomic E-state index is -0.193. The zero-order chi connectivity index (χ0) is 23.4. The first-order chi connectivity index (χ1) is 15.8. The van der Waals surface area contributed by atoms with E-state index in [-0.39, 0.29) is 34.9 Å². The van der Waals surface area contributed by atoms with Crippen molar-refractivity contribution in [1.29, 1.82) is 5.26 Å². The van der Waals surface area contributed by atoms with Gasteiger partial charge < -0.3 is 9.47 Å². The topological polar surface area (TPSA) is 59.3 Å². The van der Waals surface area contributed by atoms with Crippen molar-refractivity contribution in [2.24, 2.45) is 46.3 Å². The van der Waals surface area contributed by atoms with Crippen LogP contribution < -0.4 is 0 Å². The zero-order valence-corrected chi connectivity index (χ0v) is 20.6. The molecule has 33 heavy (non-hydrogen) atoms. The van der Waals surface area contributed by atoms with Gasteiger partial charge in [0.05, 0.1) is 23.7 Å². The van der Waals surface area contributed by atoms with Crippen LogP contribution in [0.2, 0.25) is 0 Å². The van der Waals surface area contributed by atoms with E-state index < -0.39 is 0 Å². The van der Waals surface area contributed by atoms with E-state index in [9.17, 15) is 10.1 Å². The third kappa shape index (κ3) is 3.54. The second-order valence-electron chi connectivity index (χ2n) is 12.0. The summed E-state index contributed by atoms with van der Waals surface area (Å²) in [6, 6.07) is 12.0. The standard InChI is InChI=1S/C29H39NO3/c1-18-15-29(3)20(14-24(18)33-27(31)19-8-6-5-7-9-19)10-12-22-23-13-11-21(17-30)28(23,2)16-25(32-4)26(22)29/h5-9,18,20-26H,10-16H2,1-4H3. The van der Waals surface area contributed by atoms with Gasteiger partial charge in [0.1, 0.15) is 6.10 Å². The molecule has 4 aliphatic carbocycles. The van der Waals surface area contributed by atoms with E-state index in [1.807, 2.05) is 37.4 Å². The molecule has 4 saturated carbocycles. The first kappa shape index (κ1) is 22.9. The summed E-state index contributed by atoms with van der Waals surface area (Å²) in [7, 11) is 1.88. The Hall–Kier alpha value is -1.86. The maximum absolute atomic E-state index is 12.8. The van der Waals surface area contributed by atoms with E-state index in [1.165, 1.54) is 19.3 Å². The summed E-state index contributed by atoms with van der Waals surface area (Å²) >= 11 is 0. The highest BCUT2D eigenvalue weighted by Gasteiger charge is 2.64. The highest BCUT2D eigenvalue weighted by molar-refractivity contribution is 5.89. The van der Waals surface area contributed by atoms with E-state index in [2.05, 4.69) is 26.8 Å². The molecule has 0 aliphatic heterocycles. The second-order valence-corrected chi connectivity index (χ2v) is 12.0. The van der Waals surface area contributed by atoms with Crippen LogP contribution in [-0.4, -0.2) is 25.3 Å². The molecule has 1 aromatic carbocycles. The Morgan fingerprint density at radius 2 is 1.79 bits per heavy atom. The number of rotatable bonds is 3. The molecule has 178 valence electrons. The van der Waals surface area contributed by atoms with Gasteiger partial charge in [0, 0.05) is 7.11 Å². The number of nitriles is 1. The maximum atomic E-state index is 12.8. The van der Waals surface area contributed by atoms with Crippen LogP contribution in [0.15, 0.2) is 30.3 Å². The van der Waals surface area contributed by atoms with Crippen molar-refractivity contribution in [2.45, 2.75) is 77.9 Å². The van der Waals surface area contributed by atoms with Crippen molar-refractivity contribution >= 4 is 5.97 Å². The molecule has 4 heteroatoms.